The molecule has 0 saturated carbocycles. The van der Waals surface area contributed by atoms with Gasteiger partial charge < -0.3 is 4.74 Å². The normalized spacial score (nSPS) is 10.5. The van der Waals surface area contributed by atoms with Crippen molar-refractivity contribution in [1.29, 1.82) is 0 Å². The van der Waals surface area contributed by atoms with Crippen LogP contribution in [-0.4, -0.2) is 17.3 Å². The molecule has 1 aromatic rings. The van der Waals surface area contributed by atoms with Crippen molar-refractivity contribution in [3.05, 3.63) is 45.6 Å². The number of nitrogens with zero attached hydrogens (tertiary/aromatic N) is 1. The van der Waals surface area contributed by atoms with Crippen molar-refractivity contribution in [1.82, 2.24) is 0 Å². The molecule has 0 atom stereocenters. The molecule has 1 aromatic carbocycles. The lowest BCUT2D eigenvalue weighted by molar-refractivity contribution is -0.400. The van der Waals surface area contributed by atoms with Gasteiger partial charge in [0.25, 0.3) is 0 Å². The third kappa shape index (κ3) is 4.46. The maximum absolute atomic E-state index is 10.8. The van der Waals surface area contributed by atoms with Crippen molar-refractivity contribution >= 4 is 11.9 Å². The van der Waals surface area contributed by atoms with E-state index in [1.165, 1.54) is 13.0 Å². The summed E-state index contributed by atoms with van der Waals surface area (Å²) in [7, 11) is 0. The number of benzene rings is 1. The zero-order chi connectivity index (χ0) is 12.8. The molecule has 0 unspecified atom stereocenters. The Morgan fingerprint density at radius 1 is 1.53 bits per heavy atom. The van der Waals surface area contributed by atoms with Crippen LogP contribution >= 0.6 is 0 Å². The predicted molar refractivity (Wildman–Crippen MR) is 63.4 cm³/mol. The van der Waals surface area contributed by atoms with Crippen LogP contribution in [0.2, 0.25) is 0 Å². The number of nitro groups is 1. The lowest BCUT2D eigenvalue weighted by Gasteiger charge is -2.08. The van der Waals surface area contributed by atoms with Gasteiger partial charge in [0, 0.05) is 11.6 Å². The number of carbonyl (C=O) groups is 1. The van der Waals surface area contributed by atoms with Crippen LogP contribution in [0.15, 0.2) is 24.4 Å². The third-order valence-electron chi connectivity index (χ3n) is 1.98. The number of carbonyl (C=O) groups excluding carboxylic acids is 1. The topological polar surface area (TPSA) is 69.4 Å². The second-order valence-electron chi connectivity index (χ2n) is 3.63. The Bertz CT molecular complexity index is 466. The molecule has 0 spiro atoms. The average molecular weight is 235 g/mol. The fraction of sp³-hybridized carbons (Fsp3) is 0.250. The van der Waals surface area contributed by atoms with E-state index < -0.39 is 4.92 Å². The number of aryl methyl sites for hydroxylation is 1. The van der Waals surface area contributed by atoms with Gasteiger partial charge in [-0.1, -0.05) is 12.1 Å². The Hall–Kier alpha value is -2.17. The van der Waals surface area contributed by atoms with Gasteiger partial charge in [-0.15, -0.1) is 0 Å². The first kappa shape index (κ1) is 12.9. The first-order valence-electron chi connectivity index (χ1n) is 5.03. The van der Waals surface area contributed by atoms with Gasteiger partial charge in [-0.25, -0.2) is 0 Å². The molecule has 0 aliphatic rings. The van der Waals surface area contributed by atoms with E-state index in [2.05, 4.69) is 0 Å². The number of hydrogen-bond donors (Lipinski definition) is 0. The highest BCUT2D eigenvalue weighted by atomic mass is 16.6. The van der Waals surface area contributed by atoms with Crippen LogP contribution < -0.4 is 4.74 Å². The smallest absolute Gasteiger partial charge is 0.235 e. The lowest BCUT2D eigenvalue weighted by atomic mass is 10.1. The maximum atomic E-state index is 10.8. The molecule has 0 saturated heterocycles. The van der Waals surface area contributed by atoms with Gasteiger partial charge in [0.15, 0.2) is 5.78 Å². The monoisotopic (exact) mass is 235 g/mol. The second kappa shape index (κ2) is 5.79. The van der Waals surface area contributed by atoms with E-state index in [-0.39, 0.29) is 12.4 Å². The number of Topliss-reactive ketones (excluding diaryl/α,β-unsaturated/α-hetero) is 1. The van der Waals surface area contributed by atoms with Crippen LogP contribution in [0.3, 0.4) is 0 Å². The van der Waals surface area contributed by atoms with E-state index in [4.69, 9.17) is 4.74 Å². The van der Waals surface area contributed by atoms with Crippen LogP contribution in [-0.2, 0) is 4.79 Å². The first-order valence-corrected chi connectivity index (χ1v) is 5.03. The molecule has 90 valence electrons. The summed E-state index contributed by atoms with van der Waals surface area (Å²) >= 11 is 0. The van der Waals surface area contributed by atoms with E-state index in [9.17, 15) is 14.9 Å². The summed E-state index contributed by atoms with van der Waals surface area (Å²) in [6.45, 7) is 3.26. The number of ether oxygens (including phenoxy) is 1. The molecule has 0 aliphatic heterocycles. The molecule has 5 heteroatoms. The van der Waals surface area contributed by atoms with Crippen molar-refractivity contribution in [2.45, 2.75) is 13.8 Å². The standard InChI is InChI=1S/C12H13NO4/c1-9-3-4-11(5-6-13(15)16)12(7-9)17-8-10(2)14/h3-7H,8H2,1-2H3/b6-5+. The zero-order valence-electron chi connectivity index (χ0n) is 9.67. The first-order chi connectivity index (χ1) is 7.99. The molecule has 0 bridgehead atoms. The molecule has 0 aliphatic carbocycles. The van der Waals surface area contributed by atoms with Crippen molar-refractivity contribution in [2.24, 2.45) is 0 Å². The van der Waals surface area contributed by atoms with Gasteiger partial charge in [0.1, 0.15) is 12.4 Å². The Labute approximate surface area is 98.9 Å². The number of ketones is 1. The summed E-state index contributed by atoms with van der Waals surface area (Å²) in [5, 5.41) is 10.2. The van der Waals surface area contributed by atoms with Crippen molar-refractivity contribution in [3.63, 3.8) is 0 Å². The van der Waals surface area contributed by atoms with Gasteiger partial charge in [-0.3, -0.25) is 14.9 Å². The average Bonchev–Trinajstić information content (AvgIpc) is 2.24. The summed E-state index contributed by atoms with van der Waals surface area (Å²) in [6.07, 6.45) is 2.18. The van der Waals surface area contributed by atoms with Crippen LogP contribution in [0.25, 0.3) is 6.08 Å². The van der Waals surface area contributed by atoms with Gasteiger partial charge in [0.05, 0.1) is 4.92 Å². The summed E-state index contributed by atoms with van der Waals surface area (Å²) in [4.78, 5) is 20.5. The summed E-state index contributed by atoms with van der Waals surface area (Å²) in [6, 6.07) is 5.27. The van der Waals surface area contributed by atoms with Gasteiger partial charge >= 0.3 is 0 Å². The second-order valence-corrected chi connectivity index (χ2v) is 3.63. The van der Waals surface area contributed by atoms with E-state index in [0.717, 1.165) is 11.8 Å². The van der Waals surface area contributed by atoms with Crippen molar-refractivity contribution in [2.75, 3.05) is 6.61 Å². The van der Waals surface area contributed by atoms with Gasteiger partial charge in [-0.05, 0) is 25.5 Å². The molecule has 0 N–H and O–H groups in total. The highest BCUT2D eigenvalue weighted by Gasteiger charge is 2.04. The minimum Gasteiger partial charge on any atom is -0.485 e. The lowest BCUT2D eigenvalue weighted by Crippen LogP contribution is -2.07. The summed E-state index contributed by atoms with van der Waals surface area (Å²) in [5.74, 6) is 0.369. The molecular formula is C12H13NO4. The molecule has 1 rings (SSSR count). The molecular weight excluding hydrogens is 222 g/mol. The Morgan fingerprint density at radius 3 is 2.82 bits per heavy atom. The number of rotatable bonds is 5. The fourth-order valence-electron chi connectivity index (χ4n) is 1.22. The quantitative estimate of drug-likeness (QED) is 0.579. The van der Waals surface area contributed by atoms with Crippen molar-refractivity contribution in [3.8, 4) is 5.75 Å². The molecule has 0 heterocycles. The minimum absolute atomic E-state index is 0.0389. The van der Waals surface area contributed by atoms with Crippen LogP contribution in [0.5, 0.6) is 5.75 Å². The maximum Gasteiger partial charge on any atom is 0.235 e. The molecule has 0 amide bonds. The van der Waals surface area contributed by atoms with Crippen LogP contribution in [0.4, 0.5) is 0 Å². The SMILES string of the molecule is CC(=O)COc1cc(C)ccc1/C=C/[N+](=O)[O-]. The molecule has 0 radical (unpaired) electrons. The predicted octanol–water partition coefficient (Wildman–Crippen LogP) is 2.21. The van der Waals surface area contributed by atoms with E-state index >= 15 is 0 Å². The Morgan fingerprint density at radius 2 is 2.24 bits per heavy atom. The molecule has 0 fully saturated rings. The van der Waals surface area contributed by atoms with Gasteiger partial charge in [-0.2, -0.15) is 0 Å². The number of hydrogen-bond acceptors (Lipinski definition) is 4. The molecule has 17 heavy (non-hydrogen) atoms. The summed E-state index contributed by atoms with van der Waals surface area (Å²) in [5.41, 5.74) is 1.54. The largest absolute Gasteiger partial charge is 0.485 e. The Kier molecular flexibility index (Phi) is 4.39. The van der Waals surface area contributed by atoms with Crippen LogP contribution in [0, 0.1) is 17.0 Å². The third-order valence-corrected chi connectivity index (χ3v) is 1.98. The van der Waals surface area contributed by atoms with Crippen LogP contribution in [0.1, 0.15) is 18.1 Å². The molecule has 0 aromatic heterocycles. The zero-order valence-corrected chi connectivity index (χ0v) is 9.67. The molecule has 5 nitrogen and oxygen atoms in total. The highest BCUT2D eigenvalue weighted by Crippen LogP contribution is 2.21. The summed E-state index contributed by atoms with van der Waals surface area (Å²) < 4.78 is 5.29. The van der Waals surface area contributed by atoms with E-state index in [1.807, 2.05) is 13.0 Å². The minimum atomic E-state index is -0.547. The van der Waals surface area contributed by atoms with E-state index in [0.29, 0.717) is 11.3 Å². The highest BCUT2D eigenvalue weighted by molar-refractivity contribution is 5.77. The fourth-order valence-corrected chi connectivity index (χ4v) is 1.22. The van der Waals surface area contributed by atoms with Gasteiger partial charge in [0.2, 0.25) is 6.20 Å². The van der Waals surface area contributed by atoms with E-state index in [1.54, 1.807) is 12.1 Å². The van der Waals surface area contributed by atoms with Crippen molar-refractivity contribution < 1.29 is 14.5 Å². The Balaban J connectivity index is 2.95.